The SMILES string of the molecule is CC1(F)CC12CCNC2. The summed E-state index contributed by atoms with van der Waals surface area (Å²) in [5, 5.41) is 3.19. The Bertz CT molecular complexity index is 130. The van der Waals surface area contributed by atoms with Crippen LogP contribution in [0.25, 0.3) is 0 Å². The predicted molar refractivity (Wildman–Crippen MR) is 34.0 cm³/mol. The average Bonchev–Trinajstić information content (AvgIpc) is 2.27. The Labute approximate surface area is 54.6 Å². The summed E-state index contributed by atoms with van der Waals surface area (Å²) < 4.78 is 13.1. The van der Waals surface area contributed by atoms with Gasteiger partial charge in [-0.2, -0.15) is 0 Å². The molecule has 2 fully saturated rings. The molecule has 1 saturated heterocycles. The van der Waals surface area contributed by atoms with Crippen molar-refractivity contribution < 1.29 is 4.39 Å². The van der Waals surface area contributed by atoms with Crippen molar-refractivity contribution in [3.8, 4) is 0 Å². The minimum atomic E-state index is -0.837. The van der Waals surface area contributed by atoms with E-state index >= 15 is 0 Å². The number of halogens is 1. The van der Waals surface area contributed by atoms with Gasteiger partial charge >= 0.3 is 0 Å². The van der Waals surface area contributed by atoms with Crippen LogP contribution in [-0.4, -0.2) is 18.8 Å². The molecule has 1 nitrogen and oxygen atoms in total. The van der Waals surface area contributed by atoms with Crippen LogP contribution in [0.3, 0.4) is 0 Å². The van der Waals surface area contributed by atoms with Gasteiger partial charge in [0, 0.05) is 12.0 Å². The van der Waals surface area contributed by atoms with E-state index in [2.05, 4.69) is 5.32 Å². The van der Waals surface area contributed by atoms with E-state index in [1.54, 1.807) is 6.92 Å². The highest BCUT2D eigenvalue weighted by molar-refractivity contribution is 5.17. The van der Waals surface area contributed by atoms with Crippen molar-refractivity contribution in [2.24, 2.45) is 5.41 Å². The van der Waals surface area contributed by atoms with Crippen LogP contribution in [0.4, 0.5) is 4.39 Å². The number of alkyl halides is 1. The van der Waals surface area contributed by atoms with Crippen molar-refractivity contribution in [1.82, 2.24) is 5.32 Å². The average molecular weight is 129 g/mol. The summed E-state index contributed by atoms with van der Waals surface area (Å²) >= 11 is 0. The van der Waals surface area contributed by atoms with Crippen LogP contribution in [0.5, 0.6) is 0 Å². The van der Waals surface area contributed by atoms with E-state index in [1.165, 1.54) is 0 Å². The highest BCUT2D eigenvalue weighted by Crippen LogP contribution is 2.62. The van der Waals surface area contributed by atoms with Gasteiger partial charge in [-0.05, 0) is 26.3 Å². The second-order valence-corrected chi connectivity index (χ2v) is 3.58. The van der Waals surface area contributed by atoms with Crippen molar-refractivity contribution in [1.29, 1.82) is 0 Å². The van der Waals surface area contributed by atoms with Crippen LogP contribution in [0.1, 0.15) is 19.8 Å². The van der Waals surface area contributed by atoms with Crippen LogP contribution in [-0.2, 0) is 0 Å². The Morgan fingerprint density at radius 3 is 2.44 bits per heavy atom. The second kappa shape index (κ2) is 1.31. The van der Waals surface area contributed by atoms with Crippen LogP contribution in [0.2, 0.25) is 0 Å². The predicted octanol–water partition coefficient (Wildman–Crippen LogP) is 1.10. The van der Waals surface area contributed by atoms with Crippen molar-refractivity contribution in [2.45, 2.75) is 25.4 Å². The molecule has 1 heterocycles. The first-order valence-electron chi connectivity index (χ1n) is 3.56. The molecule has 2 unspecified atom stereocenters. The van der Waals surface area contributed by atoms with Crippen LogP contribution in [0, 0.1) is 5.41 Å². The van der Waals surface area contributed by atoms with Crippen molar-refractivity contribution in [3.05, 3.63) is 0 Å². The lowest BCUT2D eigenvalue weighted by Crippen LogP contribution is -2.15. The third-order valence-electron chi connectivity index (χ3n) is 2.89. The molecule has 1 spiro atoms. The molecule has 1 aliphatic carbocycles. The fourth-order valence-electron chi connectivity index (χ4n) is 1.93. The highest BCUT2D eigenvalue weighted by Gasteiger charge is 2.66. The maximum absolute atomic E-state index is 13.1. The molecule has 0 bridgehead atoms. The van der Waals surface area contributed by atoms with E-state index in [-0.39, 0.29) is 5.41 Å². The first kappa shape index (κ1) is 5.66. The first-order chi connectivity index (χ1) is 4.16. The number of rotatable bonds is 0. The number of hydrogen-bond acceptors (Lipinski definition) is 1. The van der Waals surface area contributed by atoms with Gasteiger partial charge in [0.15, 0.2) is 0 Å². The molecule has 0 amide bonds. The molecule has 9 heavy (non-hydrogen) atoms. The van der Waals surface area contributed by atoms with E-state index in [4.69, 9.17) is 0 Å². The minimum absolute atomic E-state index is 0.0625. The zero-order chi connectivity index (χ0) is 6.54. The molecule has 1 saturated carbocycles. The fourth-order valence-corrected chi connectivity index (χ4v) is 1.93. The smallest absolute Gasteiger partial charge is 0.116 e. The zero-order valence-corrected chi connectivity index (χ0v) is 5.71. The van der Waals surface area contributed by atoms with Gasteiger partial charge in [-0.3, -0.25) is 0 Å². The molecular formula is C7H12FN. The van der Waals surface area contributed by atoms with Gasteiger partial charge in [0.05, 0.1) is 0 Å². The molecule has 1 aliphatic heterocycles. The van der Waals surface area contributed by atoms with Crippen molar-refractivity contribution in [3.63, 3.8) is 0 Å². The molecule has 1 N–H and O–H groups in total. The summed E-state index contributed by atoms with van der Waals surface area (Å²) in [6.45, 7) is 3.64. The lowest BCUT2D eigenvalue weighted by molar-refractivity contribution is 0.258. The Morgan fingerprint density at radius 1 is 1.56 bits per heavy atom. The van der Waals surface area contributed by atoms with Crippen molar-refractivity contribution in [2.75, 3.05) is 13.1 Å². The minimum Gasteiger partial charge on any atom is -0.316 e. The summed E-state index contributed by atoms with van der Waals surface area (Å²) in [7, 11) is 0. The Hall–Kier alpha value is -0.110. The summed E-state index contributed by atoms with van der Waals surface area (Å²) in [4.78, 5) is 0. The quantitative estimate of drug-likeness (QED) is 0.516. The summed E-state index contributed by atoms with van der Waals surface area (Å²) in [6, 6.07) is 0. The van der Waals surface area contributed by atoms with Crippen molar-refractivity contribution >= 4 is 0 Å². The third-order valence-corrected chi connectivity index (χ3v) is 2.89. The first-order valence-corrected chi connectivity index (χ1v) is 3.56. The lowest BCUT2D eigenvalue weighted by Gasteiger charge is -2.06. The van der Waals surface area contributed by atoms with E-state index in [0.717, 1.165) is 25.9 Å². The topological polar surface area (TPSA) is 12.0 Å². The standard InChI is InChI=1S/C7H12FN/c1-6(8)4-7(6)2-3-9-5-7/h9H,2-5H2,1H3. The molecule has 0 aromatic rings. The zero-order valence-electron chi connectivity index (χ0n) is 5.71. The van der Waals surface area contributed by atoms with Crippen LogP contribution >= 0.6 is 0 Å². The summed E-state index contributed by atoms with van der Waals surface area (Å²) in [5.41, 5.74) is -0.774. The Kier molecular flexibility index (Phi) is 0.825. The molecule has 2 heteroatoms. The lowest BCUT2D eigenvalue weighted by atomic mass is 10.0. The van der Waals surface area contributed by atoms with Gasteiger partial charge in [0.25, 0.3) is 0 Å². The van der Waals surface area contributed by atoms with E-state index in [1.807, 2.05) is 0 Å². The maximum Gasteiger partial charge on any atom is 0.116 e. The van der Waals surface area contributed by atoms with E-state index in [0.29, 0.717) is 0 Å². The van der Waals surface area contributed by atoms with Gasteiger partial charge in [0.1, 0.15) is 5.67 Å². The molecule has 2 rings (SSSR count). The molecular weight excluding hydrogens is 117 g/mol. The summed E-state index contributed by atoms with van der Waals surface area (Å²) in [6.07, 6.45) is 1.83. The van der Waals surface area contributed by atoms with E-state index in [9.17, 15) is 4.39 Å². The third kappa shape index (κ3) is 0.571. The number of hydrogen-bond donors (Lipinski definition) is 1. The molecule has 0 aromatic heterocycles. The van der Waals surface area contributed by atoms with E-state index < -0.39 is 5.67 Å². The fraction of sp³-hybridized carbons (Fsp3) is 1.00. The normalized spacial score (nSPS) is 56.7. The van der Waals surface area contributed by atoms with Gasteiger partial charge in [-0.1, -0.05) is 0 Å². The van der Waals surface area contributed by atoms with Gasteiger partial charge < -0.3 is 5.32 Å². The summed E-state index contributed by atoms with van der Waals surface area (Å²) in [5.74, 6) is 0. The van der Waals surface area contributed by atoms with Crippen LogP contribution in [0.15, 0.2) is 0 Å². The van der Waals surface area contributed by atoms with Gasteiger partial charge in [-0.25, -0.2) is 4.39 Å². The molecule has 2 atom stereocenters. The van der Waals surface area contributed by atoms with Gasteiger partial charge in [-0.15, -0.1) is 0 Å². The Morgan fingerprint density at radius 2 is 2.22 bits per heavy atom. The van der Waals surface area contributed by atoms with Gasteiger partial charge in [0.2, 0.25) is 0 Å². The monoisotopic (exact) mass is 129 g/mol. The number of nitrogens with one attached hydrogen (secondary N) is 1. The maximum atomic E-state index is 13.1. The molecule has 0 aromatic carbocycles. The largest absolute Gasteiger partial charge is 0.316 e. The van der Waals surface area contributed by atoms with Crippen LogP contribution < -0.4 is 5.32 Å². The molecule has 52 valence electrons. The second-order valence-electron chi connectivity index (χ2n) is 3.58. The Balaban J connectivity index is 2.13. The highest BCUT2D eigenvalue weighted by atomic mass is 19.1. The molecule has 0 radical (unpaired) electrons. The molecule has 2 aliphatic rings.